The number of aromatic carboxylic acids is 1. The van der Waals surface area contributed by atoms with E-state index in [4.69, 9.17) is 9.52 Å². The molecule has 0 saturated heterocycles. The number of carboxylic acids is 1. The molecule has 0 atom stereocenters. The maximum Gasteiger partial charge on any atom is 0.573 e. The minimum Gasteiger partial charge on any atom is -0.475 e. The zero-order valence-corrected chi connectivity index (χ0v) is 14.5. The Morgan fingerprint density at radius 1 is 1.19 bits per heavy atom. The van der Waals surface area contributed by atoms with Gasteiger partial charge in [0, 0.05) is 17.6 Å². The Hall–Kier alpha value is -2.68. The van der Waals surface area contributed by atoms with Crippen molar-refractivity contribution in [3.05, 3.63) is 58.3 Å². The van der Waals surface area contributed by atoms with Crippen molar-refractivity contribution >= 4 is 38.6 Å². The van der Waals surface area contributed by atoms with Crippen LogP contribution in [-0.2, 0) is 6.54 Å². The molecule has 5 nitrogen and oxygen atoms in total. The van der Waals surface area contributed by atoms with Crippen LogP contribution in [0, 0.1) is 0 Å². The SMILES string of the molecule is O=C(O)c1cc2ccc(CNc3ccc(OC(F)(F)F)c(Br)c3)cc2o1. The van der Waals surface area contributed by atoms with Gasteiger partial charge in [-0.05, 0) is 51.8 Å². The molecule has 9 heteroatoms. The van der Waals surface area contributed by atoms with Gasteiger partial charge < -0.3 is 19.6 Å². The second-order valence-corrected chi connectivity index (χ2v) is 6.19. The van der Waals surface area contributed by atoms with Crippen LogP contribution >= 0.6 is 15.9 Å². The first-order valence-corrected chi connectivity index (χ1v) is 8.05. The van der Waals surface area contributed by atoms with E-state index in [9.17, 15) is 18.0 Å². The summed E-state index contributed by atoms with van der Waals surface area (Å²) >= 11 is 3.04. The average molecular weight is 430 g/mol. The van der Waals surface area contributed by atoms with Crippen molar-refractivity contribution < 1.29 is 32.2 Å². The standard InChI is InChI=1S/C17H11BrF3NO4/c18-12-7-11(3-4-13(12)26-17(19,20)21)22-8-9-1-2-10-6-15(16(23)24)25-14(10)5-9/h1-7,22H,8H2,(H,23,24). The Bertz CT molecular complexity index is 968. The molecule has 1 aromatic heterocycles. The highest BCUT2D eigenvalue weighted by atomic mass is 79.9. The minimum atomic E-state index is -4.76. The van der Waals surface area contributed by atoms with E-state index in [0.29, 0.717) is 23.2 Å². The van der Waals surface area contributed by atoms with Gasteiger partial charge in [-0.2, -0.15) is 0 Å². The number of fused-ring (bicyclic) bond motifs is 1. The maximum atomic E-state index is 12.3. The van der Waals surface area contributed by atoms with Crippen LogP contribution in [0.25, 0.3) is 11.0 Å². The van der Waals surface area contributed by atoms with Gasteiger partial charge in [0.25, 0.3) is 0 Å². The van der Waals surface area contributed by atoms with E-state index in [0.717, 1.165) is 5.56 Å². The van der Waals surface area contributed by atoms with Gasteiger partial charge >= 0.3 is 12.3 Å². The topological polar surface area (TPSA) is 71.7 Å². The van der Waals surface area contributed by atoms with E-state index in [2.05, 4.69) is 26.0 Å². The molecular weight excluding hydrogens is 419 g/mol. The molecule has 0 aliphatic heterocycles. The third kappa shape index (κ3) is 4.29. The molecule has 0 bridgehead atoms. The highest BCUT2D eigenvalue weighted by molar-refractivity contribution is 9.10. The third-order valence-electron chi connectivity index (χ3n) is 3.45. The number of nitrogens with one attached hydrogen (secondary N) is 1. The summed E-state index contributed by atoms with van der Waals surface area (Å²) in [6.45, 7) is 0.366. The number of anilines is 1. The predicted octanol–water partition coefficient (Wildman–Crippen LogP) is 5.40. The first kappa shape index (κ1) is 18.1. The fraction of sp³-hybridized carbons (Fsp3) is 0.118. The highest BCUT2D eigenvalue weighted by Gasteiger charge is 2.31. The van der Waals surface area contributed by atoms with E-state index in [1.807, 2.05) is 0 Å². The Kier molecular flexibility index (Phi) is 4.82. The normalized spacial score (nSPS) is 11.5. The molecule has 3 rings (SSSR count). The summed E-state index contributed by atoms with van der Waals surface area (Å²) in [5.41, 5.74) is 1.84. The summed E-state index contributed by atoms with van der Waals surface area (Å²) in [5, 5.41) is 12.7. The van der Waals surface area contributed by atoms with Crippen LogP contribution < -0.4 is 10.1 Å². The molecule has 3 aromatic rings. The number of furan rings is 1. The van der Waals surface area contributed by atoms with Crippen molar-refractivity contribution in [3.8, 4) is 5.75 Å². The van der Waals surface area contributed by atoms with Gasteiger partial charge in [0.05, 0.1) is 4.47 Å². The van der Waals surface area contributed by atoms with Crippen molar-refractivity contribution in [1.29, 1.82) is 0 Å². The van der Waals surface area contributed by atoms with E-state index >= 15 is 0 Å². The summed E-state index contributed by atoms with van der Waals surface area (Å²) in [4.78, 5) is 10.9. The zero-order chi connectivity index (χ0) is 18.9. The molecule has 2 aromatic carbocycles. The molecule has 0 saturated carbocycles. The molecule has 0 radical (unpaired) electrons. The minimum absolute atomic E-state index is 0.144. The van der Waals surface area contributed by atoms with Gasteiger partial charge in [-0.25, -0.2) is 4.79 Å². The quantitative estimate of drug-likeness (QED) is 0.567. The van der Waals surface area contributed by atoms with E-state index in [1.54, 1.807) is 18.2 Å². The average Bonchev–Trinajstić information content (AvgIpc) is 2.97. The molecule has 0 spiro atoms. The molecule has 0 amide bonds. The van der Waals surface area contributed by atoms with Crippen LogP contribution in [0.3, 0.4) is 0 Å². The number of benzene rings is 2. The number of halogens is 4. The maximum absolute atomic E-state index is 12.3. The van der Waals surface area contributed by atoms with Crippen LogP contribution in [0.15, 0.2) is 51.4 Å². The fourth-order valence-electron chi connectivity index (χ4n) is 2.31. The summed E-state index contributed by atoms with van der Waals surface area (Å²) in [7, 11) is 0. The smallest absolute Gasteiger partial charge is 0.475 e. The number of carboxylic acid groups (broad SMARTS) is 1. The molecule has 136 valence electrons. The second kappa shape index (κ2) is 6.91. The molecule has 26 heavy (non-hydrogen) atoms. The molecule has 0 aliphatic carbocycles. The van der Waals surface area contributed by atoms with Crippen molar-refractivity contribution in [2.24, 2.45) is 0 Å². The first-order chi connectivity index (χ1) is 12.2. The van der Waals surface area contributed by atoms with Crippen molar-refractivity contribution in [2.75, 3.05) is 5.32 Å². The Morgan fingerprint density at radius 3 is 2.62 bits per heavy atom. The van der Waals surface area contributed by atoms with Gasteiger partial charge in [-0.3, -0.25) is 0 Å². The lowest BCUT2D eigenvalue weighted by molar-refractivity contribution is -0.274. The number of hydrogen-bond acceptors (Lipinski definition) is 4. The number of alkyl halides is 3. The lowest BCUT2D eigenvalue weighted by atomic mass is 10.1. The predicted molar refractivity (Wildman–Crippen MR) is 91.3 cm³/mol. The number of carbonyl (C=O) groups is 1. The van der Waals surface area contributed by atoms with Gasteiger partial charge in [0.2, 0.25) is 5.76 Å². The Balaban J connectivity index is 1.71. The van der Waals surface area contributed by atoms with E-state index < -0.39 is 12.3 Å². The van der Waals surface area contributed by atoms with E-state index in [1.165, 1.54) is 24.3 Å². The Morgan fingerprint density at radius 2 is 1.96 bits per heavy atom. The summed E-state index contributed by atoms with van der Waals surface area (Å²) < 4.78 is 46.1. The van der Waals surface area contributed by atoms with Crippen LogP contribution in [0.2, 0.25) is 0 Å². The zero-order valence-electron chi connectivity index (χ0n) is 12.9. The lowest BCUT2D eigenvalue weighted by Crippen LogP contribution is -2.17. The molecular formula is C17H11BrF3NO4. The van der Waals surface area contributed by atoms with Crippen LogP contribution in [0.1, 0.15) is 16.1 Å². The van der Waals surface area contributed by atoms with E-state index in [-0.39, 0.29) is 16.0 Å². The first-order valence-electron chi connectivity index (χ1n) is 7.26. The lowest BCUT2D eigenvalue weighted by Gasteiger charge is -2.12. The van der Waals surface area contributed by atoms with Gasteiger partial charge in [0.1, 0.15) is 11.3 Å². The Labute approximate surface area is 153 Å². The number of hydrogen-bond donors (Lipinski definition) is 2. The second-order valence-electron chi connectivity index (χ2n) is 5.33. The highest BCUT2D eigenvalue weighted by Crippen LogP contribution is 2.32. The molecule has 2 N–H and O–H groups in total. The fourth-order valence-corrected chi connectivity index (χ4v) is 2.77. The van der Waals surface area contributed by atoms with Gasteiger partial charge in [-0.15, -0.1) is 13.2 Å². The monoisotopic (exact) mass is 429 g/mol. The molecule has 0 aliphatic rings. The van der Waals surface area contributed by atoms with Crippen LogP contribution in [-0.4, -0.2) is 17.4 Å². The largest absolute Gasteiger partial charge is 0.573 e. The van der Waals surface area contributed by atoms with Gasteiger partial charge in [-0.1, -0.05) is 12.1 Å². The summed E-state index contributed by atoms with van der Waals surface area (Å²) in [5.74, 6) is -1.62. The van der Waals surface area contributed by atoms with Crippen LogP contribution in [0.5, 0.6) is 5.75 Å². The number of ether oxygens (including phenoxy) is 1. The summed E-state index contributed by atoms with van der Waals surface area (Å²) in [6.07, 6.45) is -4.76. The molecule has 0 unspecified atom stereocenters. The van der Waals surface area contributed by atoms with Crippen molar-refractivity contribution in [3.63, 3.8) is 0 Å². The molecule has 0 fully saturated rings. The van der Waals surface area contributed by atoms with Crippen molar-refractivity contribution in [2.45, 2.75) is 12.9 Å². The van der Waals surface area contributed by atoms with Gasteiger partial charge in [0.15, 0.2) is 0 Å². The third-order valence-corrected chi connectivity index (χ3v) is 4.07. The van der Waals surface area contributed by atoms with Crippen LogP contribution in [0.4, 0.5) is 18.9 Å². The number of rotatable bonds is 5. The van der Waals surface area contributed by atoms with Crippen molar-refractivity contribution in [1.82, 2.24) is 0 Å². The molecule has 1 heterocycles. The summed E-state index contributed by atoms with van der Waals surface area (Å²) in [6, 6.07) is 10.8.